The number of aromatic nitrogens is 1. The van der Waals surface area contributed by atoms with Crippen molar-refractivity contribution in [2.75, 3.05) is 14.2 Å². The first kappa shape index (κ1) is 21.4. The predicted octanol–water partition coefficient (Wildman–Crippen LogP) is 2.48. The number of nitrogens with one attached hydrogen (secondary N) is 1. The average molecular weight is 394 g/mol. The molecule has 0 fully saturated rings. The summed E-state index contributed by atoms with van der Waals surface area (Å²) in [7, 11) is 2.46. The fraction of sp³-hybridized carbons (Fsp3) is 0.421. The molecule has 1 aromatic heterocycles. The number of ether oxygens (including phenoxy) is 3. The number of aliphatic hydroxyl groups excluding tert-OH is 1. The van der Waals surface area contributed by atoms with E-state index >= 15 is 0 Å². The molecule has 1 aromatic carbocycles. The number of pyridine rings is 1. The largest absolute Gasteiger partial charge is 0.481 e. The van der Waals surface area contributed by atoms with E-state index in [2.05, 4.69) is 15.0 Å². The number of hydrogen-bond acceptors (Lipinski definition) is 7. The van der Waals surface area contributed by atoms with Crippen molar-refractivity contribution in [3.63, 3.8) is 0 Å². The van der Waals surface area contributed by atoms with Gasteiger partial charge in [-0.15, -0.1) is 0 Å². The molecule has 0 saturated heterocycles. The van der Waals surface area contributed by atoms with Gasteiger partial charge in [0.25, 0.3) is 0 Å². The van der Waals surface area contributed by atoms with Crippen LogP contribution in [0.1, 0.15) is 32.4 Å². The molecular formula is C19H23FN2O6. The van der Waals surface area contributed by atoms with E-state index in [0.29, 0.717) is 5.39 Å². The van der Waals surface area contributed by atoms with Crippen molar-refractivity contribution < 1.29 is 33.3 Å². The molecule has 2 aromatic rings. The van der Waals surface area contributed by atoms with E-state index in [0.717, 1.165) is 13.2 Å². The monoisotopic (exact) mass is 394 g/mol. The van der Waals surface area contributed by atoms with E-state index in [1.807, 2.05) is 0 Å². The molecule has 2 atom stereocenters. The van der Waals surface area contributed by atoms with Crippen molar-refractivity contribution in [2.45, 2.75) is 38.5 Å². The molecule has 1 amide bonds. The lowest BCUT2D eigenvalue weighted by Gasteiger charge is -2.26. The number of amides is 1. The topological polar surface area (TPSA) is 107 Å². The number of carbonyl (C=O) groups is 2. The van der Waals surface area contributed by atoms with Crippen LogP contribution in [0.5, 0.6) is 5.88 Å². The Labute approximate surface area is 161 Å². The molecule has 2 rings (SSSR count). The van der Waals surface area contributed by atoms with Gasteiger partial charge in [0.2, 0.25) is 5.88 Å². The third-order valence-electron chi connectivity index (χ3n) is 3.77. The van der Waals surface area contributed by atoms with Crippen LogP contribution >= 0.6 is 0 Å². The van der Waals surface area contributed by atoms with Crippen molar-refractivity contribution in [3.8, 4) is 5.88 Å². The Kier molecular flexibility index (Phi) is 6.40. The van der Waals surface area contributed by atoms with Crippen LogP contribution < -0.4 is 10.1 Å². The minimum atomic E-state index is -1.90. The standard InChI is InChI=1S/C19H23FN2O6/c1-19(2,3)28-18(25)22-15(16(23)17(24)27-5)13-11(20)8-6-10-7-9-12(26-4)21-14(10)13/h6-9,15-16,23H,1-5H3,(H,22,25). The lowest BCUT2D eigenvalue weighted by Crippen LogP contribution is -2.43. The predicted molar refractivity (Wildman–Crippen MR) is 98.4 cm³/mol. The van der Waals surface area contributed by atoms with Gasteiger partial charge in [-0.2, -0.15) is 0 Å². The van der Waals surface area contributed by atoms with Crippen LogP contribution in [0.3, 0.4) is 0 Å². The zero-order valence-corrected chi connectivity index (χ0v) is 16.3. The molecule has 2 N–H and O–H groups in total. The number of aliphatic hydroxyl groups is 1. The van der Waals surface area contributed by atoms with Crippen LogP contribution in [0.4, 0.5) is 9.18 Å². The summed E-state index contributed by atoms with van der Waals surface area (Å²) in [5.74, 6) is -1.64. The molecule has 1 heterocycles. The maximum Gasteiger partial charge on any atom is 0.408 e. The van der Waals surface area contributed by atoms with Crippen LogP contribution in [0.25, 0.3) is 10.9 Å². The highest BCUT2D eigenvalue weighted by molar-refractivity contribution is 5.85. The van der Waals surface area contributed by atoms with E-state index < -0.39 is 35.6 Å². The number of alkyl carbamates (subject to hydrolysis) is 1. The van der Waals surface area contributed by atoms with Gasteiger partial charge < -0.3 is 24.6 Å². The minimum Gasteiger partial charge on any atom is -0.481 e. The van der Waals surface area contributed by atoms with Gasteiger partial charge in [-0.1, -0.05) is 0 Å². The van der Waals surface area contributed by atoms with Crippen molar-refractivity contribution in [2.24, 2.45) is 0 Å². The van der Waals surface area contributed by atoms with Gasteiger partial charge in [0, 0.05) is 17.0 Å². The number of nitrogens with zero attached hydrogens (tertiary/aromatic N) is 1. The third kappa shape index (κ3) is 4.86. The molecule has 8 nitrogen and oxygen atoms in total. The molecule has 2 unspecified atom stereocenters. The molecule has 152 valence electrons. The van der Waals surface area contributed by atoms with E-state index in [1.54, 1.807) is 32.9 Å². The summed E-state index contributed by atoms with van der Waals surface area (Å²) in [4.78, 5) is 28.4. The number of hydrogen-bond donors (Lipinski definition) is 2. The fourth-order valence-electron chi connectivity index (χ4n) is 2.58. The number of halogens is 1. The van der Waals surface area contributed by atoms with Gasteiger partial charge in [-0.05, 0) is 39.0 Å². The van der Waals surface area contributed by atoms with Crippen LogP contribution in [0.2, 0.25) is 0 Å². The normalized spacial score (nSPS) is 13.5. The van der Waals surface area contributed by atoms with Crippen molar-refractivity contribution in [3.05, 3.63) is 35.6 Å². The lowest BCUT2D eigenvalue weighted by molar-refractivity contribution is -0.152. The van der Waals surface area contributed by atoms with Crippen LogP contribution in [0, 0.1) is 5.82 Å². The Morgan fingerprint density at radius 1 is 1.18 bits per heavy atom. The average Bonchev–Trinajstić information content (AvgIpc) is 2.63. The number of esters is 1. The Balaban J connectivity index is 2.60. The Morgan fingerprint density at radius 3 is 2.39 bits per heavy atom. The molecule has 0 aliphatic rings. The maximum absolute atomic E-state index is 14.8. The number of fused-ring (bicyclic) bond motifs is 1. The Hall–Kier alpha value is -2.94. The maximum atomic E-state index is 14.8. The minimum absolute atomic E-state index is 0.114. The summed E-state index contributed by atoms with van der Waals surface area (Å²) in [6.07, 6.45) is -2.84. The highest BCUT2D eigenvalue weighted by Crippen LogP contribution is 2.30. The summed E-state index contributed by atoms with van der Waals surface area (Å²) in [6, 6.07) is 4.34. The van der Waals surface area contributed by atoms with E-state index in [-0.39, 0.29) is 17.0 Å². The third-order valence-corrected chi connectivity index (χ3v) is 3.77. The van der Waals surface area contributed by atoms with Gasteiger partial charge in [-0.3, -0.25) is 0 Å². The van der Waals surface area contributed by atoms with Gasteiger partial charge >= 0.3 is 12.1 Å². The molecular weight excluding hydrogens is 371 g/mol. The summed E-state index contributed by atoms with van der Waals surface area (Å²) in [5, 5.41) is 13.3. The first-order chi connectivity index (χ1) is 13.1. The second kappa shape index (κ2) is 8.39. The van der Waals surface area contributed by atoms with Crippen molar-refractivity contribution >= 4 is 23.0 Å². The summed E-state index contributed by atoms with van der Waals surface area (Å²) < 4.78 is 29.6. The zero-order chi connectivity index (χ0) is 21.1. The van der Waals surface area contributed by atoms with E-state index in [4.69, 9.17) is 9.47 Å². The number of rotatable bonds is 5. The molecule has 0 radical (unpaired) electrons. The smallest absolute Gasteiger partial charge is 0.408 e. The van der Waals surface area contributed by atoms with Gasteiger partial charge in [0.05, 0.1) is 25.8 Å². The van der Waals surface area contributed by atoms with Crippen LogP contribution in [0.15, 0.2) is 24.3 Å². The molecule has 0 bridgehead atoms. The van der Waals surface area contributed by atoms with Gasteiger partial charge in [0.1, 0.15) is 11.4 Å². The Morgan fingerprint density at radius 2 is 1.82 bits per heavy atom. The summed E-state index contributed by atoms with van der Waals surface area (Å²) in [5.41, 5.74) is -0.924. The summed E-state index contributed by atoms with van der Waals surface area (Å²) in [6.45, 7) is 4.93. The molecule has 0 spiro atoms. The first-order valence-corrected chi connectivity index (χ1v) is 8.46. The molecule has 0 aliphatic carbocycles. The fourth-order valence-corrected chi connectivity index (χ4v) is 2.58. The van der Waals surface area contributed by atoms with Crippen LogP contribution in [-0.2, 0) is 14.3 Å². The quantitative estimate of drug-likeness (QED) is 0.750. The van der Waals surface area contributed by atoms with E-state index in [9.17, 15) is 19.1 Å². The highest BCUT2D eigenvalue weighted by atomic mass is 19.1. The second-order valence-corrected chi connectivity index (χ2v) is 6.98. The number of methoxy groups -OCH3 is 2. The van der Waals surface area contributed by atoms with Gasteiger partial charge in [-0.25, -0.2) is 19.0 Å². The summed E-state index contributed by atoms with van der Waals surface area (Å²) >= 11 is 0. The lowest BCUT2D eigenvalue weighted by atomic mass is 9.97. The molecule has 0 saturated carbocycles. The van der Waals surface area contributed by atoms with E-state index in [1.165, 1.54) is 13.2 Å². The number of carbonyl (C=O) groups excluding carboxylic acids is 2. The molecule has 9 heteroatoms. The van der Waals surface area contributed by atoms with Crippen LogP contribution in [-0.4, -0.2) is 48.1 Å². The SMILES string of the molecule is COC(=O)C(O)C(NC(=O)OC(C)(C)C)c1c(F)ccc2ccc(OC)nc12. The molecule has 28 heavy (non-hydrogen) atoms. The van der Waals surface area contributed by atoms with Crippen molar-refractivity contribution in [1.29, 1.82) is 0 Å². The second-order valence-electron chi connectivity index (χ2n) is 6.98. The van der Waals surface area contributed by atoms with Gasteiger partial charge in [0.15, 0.2) is 6.10 Å². The number of benzene rings is 1. The molecule has 0 aliphatic heterocycles. The first-order valence-electron chi connectivity index (χ1n) is 8.46. The van der Waals surface area contributed by atoms with Crippen molar-refractivity contribution in [1.82, 2.24) is 10.3 Å². The zero-order valence-electron chi connectivity index (χ0n) is 16.3. The Bertz CT molecular complexity index is 881. The highest BCUT2D eigenvalue weighted by Gasteiger charge is 2.35.